The van der Waals surface area contributed by atoms with Gasteiger partial charge in [-0.15, -0.1) is 8.78 Å². The summed E-state index contributed by atoms with van der Waals surface area (Å²) in [6.07, 6.45) is -0.927. The van der Waals surface area contributed by atoms with Crippen molar-refractivity contribution >= 4 is 23.3 Å². The minimum absolute atomic E-state index is 0.121. The maximum absolute atomic E-state index is 13.2. The quantitative estimate of drug-likeness (QED) is 0.545. The maximum atomic E-state index is 13.2. The fraction of sp³-hybridized carbons (Fsp3) is 0.158. The van der Waals surface area contributed by atoms with Gasteiger partial charge >= 0.3 is 6.29 Å². The summed E-state index contributed by atoms with van der Waals surface area (Å²) >= 11 is 0. The second kappa shape index (κ2) is 7.55. The number of carbonyl (C=O) groups excluding carboxylic acids is 2. The lowest BCUT2D eigenvalue weighted by atomic mass is 10.2. The van der Waals surface area contributed by atoms with E-state index in [1.165, 1.54) is 41.3 Å². The van der Waals surface area contributed by atoms with E-state index in [1.807, 2.05) is 0 Å². The number of fused-ring (bicyclic) bond motifs is 1. The van der Waals surface area contributed by atoms with Crippen molar-refractivity contribution in [2.45, 2.75) is 12.8 Å². The van der Waals surface area contributed by atoms with E-state index in [0.717, 1.165) is 0 Å². The zero-order chi connectivity index (χ0) is 22.2. The molecule has 2 aromatic heterocycles. The van der Waals surface area contributed by atoms with E-state index in [0.29, 0.717) is 11.4 Å². The molecule has 31 heavy (non-hydrogen) atoms. The number of amides is 2. The summed E-state index contributed by atoms with van der Waals surface area (Å²) in [5, 5.41) is 9.76. The highest BCUT2D eigenvalue weighted by molar-refractivity contribution is 6.07. The first kappa shape index (κ1) is 20.1. The second-order valence-electron chi connectivity index (χ2n) is 6.58. The van der Waals surface area contributed by atoms with Crippen molar-refractivity contribution in [1.29, 1.82) is 0 Å². The number of anilines is 2. The van der Waals surface area contributed by atoms with Crippen molar-refractivity contribution in [2.24, 2.45) is 12.8 Å². The third-order valence-electron chi connectivity index (χ3n) is 4.38. The molecule has 1 aliphatic rings. The average Bonchev–Trinajstić information content (AvgIpc) is 3.23. The predicted molar refractivity (Wildman–Crippen MR) is 104 cm³/mol. The molecule has 0 bridgehead atoms. The number of hydrogen-bond donors (Lipinski definition) is 3. The van der Waals surface area contributed by atoms with Crippen LogP contribution in [0.5, 0.6) is 11.5 Å². The topological polar surface area (TPSA) is 133 Å². The highest BCUT2D eigenvalue weighted by atomic mass is 19.3. The number of aromatic nitrogens is 3. The van der Waals surface area contributed by atoms with Crippen LogP contribution in [-0.2, 0) is 13.6 Å². The number of nitrogens with one attached hydrogen (secondary N) is 2. The molecule has 1 aliphatic heterocycles. The molecule has 0 spiro atoms. The molecule has 1 aromatic carbocycles. The highest BCUT2D eigenvalue weighted by Crippen LogP contribution is 2.42. The summed E-state index contributed by atoms with van der Waals surface area (Å²) in [4.78, 5) is 27.9. The summed E-state index contributed by atoms with van der Waals surface area (Å²) in [5.74, 6) is -1.07. The standard InChI is InChI=1S/C19H16F2N6O4/c1-27-17(24-8-10-4-5-23-13(6-10)16(22)28)12(9-25-27)18(29)26-11-2-3-14-15(7-11)31-19(20,21)30-14/h2-7,9,24H,8H2,1H3,(H2,22,28)(H,26,29). The molecule has 0 saturated carbocycles. The Balaban J connectivity index is 1.48. The van der Waals surface area contributed by atoms with E-state index in [4.69, 9.17) is 5.73 Å². The van der Waals surface area contributed by atoms with Crippen LogP contribution >= 0.6 is 0 Å². The molecule has 0 atom stereocenters. The van der Waals surface area contributed by atoms with Gasteiger partial charge in [-0.05, 0) is 29.8 Å². The van der Waals surface area contributed by atoms with Gasteiger partial charge in [-0.25, -0.2) is 0 Å². The Bertz CT molecular complexity index is 1180. The van der Waals surface area contributed by atoms with Gasteiger partial charge in [0.05, 0.1) is 6.20 Å². The molecular formula is C19H16F2N6O4. The summed E-state index contributed by atoms with van der Waals surface area (Å²) in [5.41, 5.74) is 6.53. The van der Waals surface area contributed by atoms with Crippen LogP contribution in [-0.4, -0.2) is 32.9 Å². The van der Waals surface area contributed by atoms with Crippen LogP contribution in [0.25, 0.3) is 0 Å². The number of primary amides is 1. The first-order valence-electron chi connectivity index (χ1n) is 8.94. The number of ether oxygens (including phenoxy) is 2. The number of alkyl halides is 2. The fourth-order valence-corrected chi connectivity index (χ4v) is 2.94. The minimum atomic E-state index is -3.74. The molecule has 0 unspecified atom stereocenters. The number of rotatable bonds is 6. The molecule has 0 aliphatic carbocycles. The van der Waals surface area contributed by atoms with Gasteiger partial charge in [-0.3, -0.25) is 19.3 Å². The van der Waals surface area contributed by atoms with Gasteiger partial charge in [0, 0.05) is 31.5 Å². The number of hydrogen-bond acceptors (Lipinski definition) is 7. The predicted octanol–water partition coefficient (Wildman–Crippen LogP) is 2.10. The van der Waals surface area contributed by atoms with E-state index in [2.05, 4.69) is 30.2 Å². The normalized spacial score (nSPS) is 13.6. The number of nitrogens with two attached hydrogens (primary N) is 1. The van der Waals surface area contributed by atoms with Gasteiger partial charge < -0.3 is 25.8 Å². The highest BCUT2D eigenvalue weighted by Gasteiger charge is 2.43. The molecule has 0 saturated heterocycles. The largest absolute Gasteiger partial charge is 0.586 e. The van der Waals surface area contributed by atoms with Crippen LogP contribution < -0.4 is 25.8 Å². The summed E-state index contributed by atoms with van der Waals surface area (Å²) < 4.78 is 36.5. The lowest BCUT2D eigenvalue weighted by molar-refractivity contribution is -0.286. The maximum Gasteiger partial charge on any atom is 0.586 e. The van der Waals surface area contributed by atoms with Gasteiger partial charge in [0.1, 0.15) is 17.1 Å². The molecule has 0 radical (unpaired) electrons. The van der Waals surface area contributed by atoms with Crippen molar-refractivity contribution in [1.82, 2.24) is 14.8 Å². The molecule has 4 N–H and O–H groups in total. The Labute approximate surface area is 174 Å². The molecule has 3 aromatic rings. The van der Waals surface area contributed by atoms with Crippen LogP contribution in [0.4, 0.5) is 20.3 Å². The minimum Gasteiger partial charge on any atom is -0.395 e. The molecule has 0 fully saturated rings. The molecule has 160 valence electrons. The van der Waals surface area contributed by atoms with Crippen LogP contribution in [0.15, 0.2) is 42.7 Å². The smallest absolute Gasteiger partial charge is 0.395 e. The van der Waals surface area contributed by atoms with Gasteiger partial charge in [0.2, 0.25) is 0 Å². The molecule has 10 nitrogen and oxygen atoms in total. The van der Waals surface area contributed by atoms with E-state index in [9.17, 15) is 18.4 Å². The van der Waals surface area contributed by atoms with Crippen molar-refractivity contribution in [3.05, 3.63) is 59.5 Å². The molecular weight excluding hydrogens is 414 g/mol. The number of pyridine rings is 1. The third kappa shape index (κ3) is 4.22. The summed E-state index contributed by atoms with van der Waals surface area (Å²) in [6.45, 7) is 0.266. The molecule has 3 heterocycles. The van der Waals surface area contributed by atoms with Crippen LogP contribution in [0.2, 0.25) is 0 Å². The molecule has 4 rings (SSSR count). The zero-order valence-corrected chi connectivity index (χ0v) is 16.1. The fourth-order valence-electron chi connectivity index (χ4n) is 2.94. The Kier molecular flexibility index (Phi) is 4.89. The Hall–Kier alpha value is -4.22. The van der Waals surface area contributed by atoms with Crippen molar-refractivity contribution in [3.63, 3.8) is 0 Å². The summed E-state index contributed by atoms with van der Waals surface area (Å²) in [6, 6.07) is 7.15. The van der Waals surface area contributed by atoms with Crippen LogP contribution in [0, 0.1) is 0 Å². The van der Waals surface area contributed by atoms with Crippen molar-refractivity contribution in [2.75, 3.05) is 10.6 Å². The van der Waals surface area contributed by atoms with E-state index >= 15 is 0 Å². The van der Waals surface area contributed by atoms with E-state index in [1.54, 1.807) is 13.1 Å². The molecule has 2 amide bonds. The Morgan fingerprint density at radius 1 is 1.19 bits per heavy atom. The van der Waals surface area contributed by atoms with Gasteiger partial charge in [-0.2, -0.15) is 5.10 Å². The molecule has 12 heteroatoms. The van der Waals surface area contributed by atoms with Crippen LogP contribution in [0.1, 0.15) is 26.4 Å². The first-order chi connectivity index (χ1) is 14.7. The first-order valence-corrected chi connectivity index (χ1v) is 8.94. The lowest BCUT2D eigenvalue weighted by Gasteiger charge is -2.11. The van der Waals surface area contributed by atoms with Gasteiger partial charge in [0.15, 0.2) is 11.5 Å². The monoisotopic (exact) mass is 430 g/mol. The van der Waals surface area contributed by atoms with Crippen molar-refractivity contribution < 1.29 is 27.8 Å². The average molecular weight is 430 g/mol. The Morgan fingerprint density at radius 3 is 2.74 bits per heavy atom. The Morgan fingerprint density at radius 2 is 1.97 bits per heavy atom. The van der Waals surface area contributed by atoms with Crippen molar-refractivity contribution in [3.8, 4) is 11.5 Å². The zero-order valence-electron chi connectivity index (χ0n) is 16.1. The summed E-state index contributed by atoms with van der Waals surface area (Å²) in [7, 11) is 1.64. The number of benzene rings is 1. The lowest BCUT2D eigenvalue weighted by Crippen LogP contribution is -2.25. The number of halogens is 2. The van der Waals surface area contributed by atoms with Gasteiger partial charge in [0.25, 0.3) is 11.8 Å². The number of aryl methyl sites for hydroxylation is 1. The van der Waals surface area contributed by atoms with Crippen LogP contribution in [0.3, 0.4) is 0 Å². The number of carbonyl (C=O) groups is 2. The van der Waals surface area contributed by atoms with E-state index < -0.39 is 18.1 Å². The third-order valence-corrected chi connectivity index (χ3v) is 4.38. The second-order valence-corrected chi connectivity index (χ2v) is 6.58. The van der Waals surface area contributed by atoms with Gasteiger partial charge in [-0.1, -0.05) is 0 Å². The SMILES string of the molecule is Cn1ncc(C(=O)Nc2ccc3c(c2)OC(F)(F)O3)c1NCc1ccnc(C(N)=O)c1. The number of nitrogens with zero attached hydrogens (tertiary/aromatic N) is 3. The van der Waals surface area contributed by atoms with E-state index in [-0.39, 0.29) is 35.0 Å².